The van der Waals surface area contributed by atoms with Crippen LogP contribution in [0.25, 0.3) is 0 Å². The fourth-order valence-electron chi connectivity index (χ4n) is 3.87. The van der Waals surface area contributed by atoms with Crippen LogP contribution in [0.5, 0.6) is 0 Å². The van der Waals surface area contributed by atoms with Crippen molar-refractivity contribution >= 4 is 5.91 Å². The van der Waals surface area contributed by atoms with Gasteiger partial charge in [0.05, 0.1) is 6.04 Å². The van der Waals surface area contributed by atoms with Crippen molar-refractivity contribution < 1.29 is 13.9 Å². The standard InChI is InChI=1S/C21H23FN2O2/c22-17-8-6-16(7-9-17)20-18-5-2-1-4-15(18)10-12-24(20)21(25)19-14-23-11-3-13-26-19/h1-2,4-9,19-20,23H,3,10-14H2/t19-,20+/m1/s1. The zero-order chi connectivity index (χ0) is 17.9. The lowest BCUT2D eigenvalue weighted by Gasteiger charge is -2.39. The van der Waals surface area contributed by atoms with E-state index >= 15 is 0 Å². The number of fused-ring (bicyclic) bond motifs is 1. The smallest absolute Gasteiger partial charge is 0.253 e. The lowest BCUT2D eigenvalue weighted by atomic mass is 9.88. The number of benzene rings is 2. The minimum absolute atomic E-state index is 0.00299. The van der Waals surface area contributed by atoms with Crippen LogP contribution in [-0.2, 0) is 16.0 Å². The number of hydrogen-bond acceptors (Lipinski definition) is 3. The molecule has 0 spiro atoms. The molecule has 4 rings (SSSR count). The maximum Gasteiger partial charge on any atom is 0.253 e. The molecule has 0 aromatic heterocycles. The Morgan fingerprint density at radius 2 is 1.96 bits per heavy atom. The second-order valence-electron chi connectivity index (χ2n) is 6.85. The lowest BCUT2D eigenvalue weighted by Crippen LogP contribution is -2.48. The van der Waals surface area contributed by atoms with Crippen LogP contribution in [0.4, 0.5) is 4.39 Å². The van der Waals surface area contributed by atoms with E-state index in [9.17, 15) is 9.18 Å². The molecule has 0 aliphatic carbocycles. The fourth-order valence-corrected chi connectivity index (χ4v) is 3.87. The van der Waals surface area contributed by atoms with Gasteiger partial charge in [0.1, 0.15) is 11.9 Å². The summed E-state index contributed by atoms with van der Waals surface area (Å²) in [5.74, 6) is -0.268. The van der Waals surface area contributed by atoms with E-state index in [1.807, 2.05) is 17.0 Å². The highest BCUT2D eigenvalue weighted by Crippen LogP contribution is 2.35. The van der Waals surface area contributed by atoms with Crippen molar-refractivity contribution in [2.24, 2.45) is 0 Å². The molecule has 26 heavy (non-hydrogen) atoms. The van der Waals surface area contributed by atoms with E-state index in [2.05, 4.69) is 17.4 Å². The highest BCUT2D eigenvalue weighted by Gasteiger charge is 2.35. The number of carbonyl (C=O) groups excluding carboxylic acids is 1. The van der Waals surface area contributed by atoms with Gasteiger partial charge in [0.2, 0.25) is 0 Å². The molecule has 2 aromatic rings. The molecule has 2 aliphatic heterocycles. The van der Waals surface area contributed by atoms with Gasteiger partial charge in [-0.15, -0.1) is 0 Å². The summed E-state index contributed by atoms with van der Waals surface area (Å²) in [5, 5.41) is 3.28. The molecule has 136 valence electrons. The molecule has 5 heteroatoms. The Kier molecular flexibility index (Phi) is 5.00. The van der Waals surface area contributed by atoms with Crippen molar-refractivity contribution in [1.82, 2.24) is 10.2 Å². The molecular formula is C21H23FN2O2. The summed E-state index contributed by atoms with van der Waals surface area (Å²) in [6.45, 7) is 2.63. The molecule has 2 heterocycles. The summed E-state index contributed by atoms with van der Waals surface area (Å²) in [7, 11) is 0. The third-order valence-electron chi connectivity index (χ3n) is 5.17. The predicted octanol–water partition coefficient (Wildman–Crippen LogP) is 2.68. The summed E-state index contributed by atoms with van der Waals surface area (Å²) < 4.78 is 19.2. The highest BCUT2D eigenvalue weighted by atomic mass is 19.1. The summed E-state index contributed by atoms with van der Waals surface area (Å²) in [5.41, 5.74) is 3.28. The maximum atomic E-state index is 13.4. The number of nitrogens with zero attached hydrogens (tertiary/aromatic N) is 1. The van der Waals surface area contributed by atoms with Crippen LogP contribution in [0, 0.1) is 5.82 Å². The third-order valence-corrected chi connectivity index (χ3v) is 5.17. The number of nitrogens with one attached hydrogen (secondary N) is 1. The first-order valence-corrected chi connectivity index (χ1v) is 9.20. The predicted molar refractivity (Wildman–Crippen MR) is 97.3 cm³/mol. The number of hydrogen-bond donors (Lipinski definition) is 1. The van der Waals surface area contributed by atoms with Gasteiger partial charge in [-0.25, -0.2) is 4.39 Å². The highest BCUT2D eigenvalue weighted by molar-refractivity contribution is 5.82. The largest absolute Gasteiger partial charge is 0.367 e. The normalized spacial score (nSPS) is 23.2. The van der Waals surface area contributed by atoms with Crippen molar-refractivity contribution in [3.63, 3.8) is 0 Å². The van der Waals surface area contributed by atoms with Gasteiger partial charge in [-0.3, -0.25) is 4.79 Å². The van der Waals surface area contributed by atoms with Crippen molar-refractivity contribution in [3.05, 3.63) is 71.0 Å². The van der Waals surface area contributed by atoms with Gasteiger partial charge in [-0.05, 0) is 48.2 Å². The van der Waals surface area contributed by atoms with Gasteiger partial charge in [0.25, 0.3) is 5.91 Å². The van der Waals surface area contributed by atoms with E-state index in [0.717, 1.165) is 30.5 Å². The first kappa shape index (κ1) is 17.2. The number of halogens is 1. The number of ether oxygens (including phenoxy) is 1. The van der Waals surface area contributed by atoms with Crippen LogP contribution in [-0.4, -0.2) is 43.2 Å². The van der Waals surface area contributed by atoms with E-state index in [0.29, 0.717) is 19.7 Å². The maximum absolute atomic E-state index is 13.4. The van der Waals surface area contributed by atoms with E-state index in [1.165, 1.54) is 17.7 Å². The lowest BCUT2D eigenvalue weighted by molar-refractivity contribution is -0.145. The summed E-state index contributed by atoms with van der Waals surface area (Å²) >= 11 is 0. The summed E-state index contributed by atoms with van der Waals surface area (Å²) in [6.07, 6.45) is 1.26. The second-order valence-corrected chi connectivity index (χ2v) is 6.85. The van der Waals surface area contributed by atoms with Gasteiger partial charge >= 0.3 is 0 Å². The Morgan fingerprint density at radius 1 is 1.15 bits per heavy atom. The van der Waals surface area contributed by atoms with Gasteiger partial charge < -0.3 is 15.0 Å². The molecule has 2 aliphatic rings. The van der Waals surface area contributed by atoms with Crippen molar-refractivity contribution in [3.8, 4) is 0 Å². The monoisotopic (exact) mass is 354 g/mol. The molecule has 2 aromatic carbocycles. The second kappa shape index (κ2) is 7.56. The summed E-state index contributed by atoms with van der Waals surface area (Å²) in [4.78, 5) is 15.1. The molecule has 1 amide bonds. The van der Waals surface area contributed by atoms with Crippen LogP contribution in [0.15, 0.2) is 48.5 Å². The van der Waals surface area contributed by atoms with Crippen LogP contribution in [0.2, 0.25) is 0 Å². The van der Waals surface area contributed by atoms with Crippen molar-refractivity contribution in [2.45, 2.75) is 25.0 Å². The molecule has 0 saturated carbocycles. The number of carbonyl (C=O) groups is 1. The average molecular weight is 354 g/mol. The zero-order valence-electron chi connectivity index (χ0n) is 14.7. The minimum atomic E-state index is -0.467. The number of amides is 1. The Bertz CT molecular complexity index is 770. The van der Waals surface area contributed by atoms with Gasteiger partial charge in [0.15, 0.2) is 0 Å². The van der Waals surface area contributed by atoms with Crippen LogP contribution >= 0.6 is 0 Å². The van der Waals surface area contributed by atoms with E-state index in [1.54, 1.807) is 12.1 Å². The first-order chi connectivity index (χ1) is 12.7. The number of rotatable bonds is 2. The topological polar surface area (TPSA) is 41.6 Å². The summed E-state index contributed by atoms with van der Waals surface area (Å²) in [6, 6.07) is 14.4. The molecule has 0 unspecified atom stereocenters. The Balaban J connectivity index is 1.70. The van der Waals surface area contributed by atoms with Crippen LogP contribution in [0.3, 0.4) is 0 Å². The molecule has 2 atom stereocenters. The van der Waals surface area contributed by atoms with Gasteiger partial charge in [-0.1, -0.05) is 36.4 Å². The molecular weight excluding hydrogens is 331 g/mol. The molecule has 1 N–H and O–H groups in total. The van der Waals surface area contributed by atoms with Gasteiger partial charge in [0, 0.05) is 19.7 Å². The molecule has 1 fully saturated rings. The molecule has 0 bridgehead atoms. The van der Waals surface area contributed by atoms with Gasteiger partial charge in [-0.2, -0.15) is 0 Å². The molecule has 0 radical (unpaired) electrons. The average Bonchev–Trinajstić information content (AvgIpc) is 2.97. The van der Waals surface area contributed by atoms with Crippen molar-refractivity contribution in [2.75, 3.05) is 26.2 Å². The first-order valence-electron chi connectivity index (χ1n) is 9.20. The SMILES string of the molecule is O=C([C@H]1CNCCCO1)N1CCc2ccccc2[C@@H]1c1ccc(F)cc1. The van der Waals surface area contributed by atoms with Crippen molar-refractivity contribution in [1.29, 1.82) is 0 Å². The molecule has 1 saturated heterocycles. The van der Waals surface area contributed by atoms with E-state index in [4.69, 9.17) is 4.74 Å². The quantitative estimate of drug-likeness (QED) is 0.902. The van der Waals surface area contributed by atoms with E-state index in [-0.39, 0.29) is 17.8 Å². The fraction of sp³-hybridized carbons (Fsp3) is 0.381. The van der Waals surface area contributed by atoms with E-state index < -0.39 is 6.10 Å². The Hall–Kier alpha value is -2.24. The third kappa shape index (κ3) is 3.37. The Morgan fingerprint density at radius 3 is 2.81 bits per heavy atom. The molecule has 4 nitrogen and oxygen atoms in total. The zero-order valence-corrected chi connectivity index (χ0v) is 14.7. The Labute approximate surface area is 153 Å². The van der Waals surface area contributed by atoms with Crippen LogP contribution in [0.1, 0.15) is 29.2 Å². The minimum Gasteiger partial charge on any atom is -0.367 e. The van der Waals surface area contributed by atoms with Crippen LogP contribution < -0.4 is 5.32 Å².